The molecule has 1 fully saturated rings. The number of amides is 2. The number of aromatic nitrogens is 1. The Bertz CT molecular complexity index is 811. The molecule has 0 radical (unpaired) electrons. The first-order chi connectivity index (χ1) is 11.1. The van der Waals surface area contributed by atoms with Crippen LogP contribution in [0.15, 0.2) is 18.2 Å². The number of hydrogen-bond acceptors (Lipinski definition) is 5. The van der Waals surface area contributed by atoms with E-state index in [0.717, 1.165) is 29.0 Å². The lowest BCUT2D eigenvalue weighted by atomic mass is 10.1. The summed E-state index contributed by atoms with van der Waals surface area (Å²) in [5.74, 6) is 0.695. The number of fused-ring (bicyclic) bond motifs is 1. The normalized spacial score (nSPS) is 16.3. The van der Waals surface area contributed by atoms with Gasteiger partial charge in [0.15, 0.2) is 11.7 Å². The van der Waals surface area contributed by atoms with E-state index in [0.29, 0.717) is 16.6 Å². The Balaban J connectivity index is 1.62. The number of thiazole rings is 1. The minimum Gasteiger partial charge on any atom is -0.482 e. The quantitative estimate of drug-likeness (QED) is 0.907. The second kappa shape index (κ2) is 5.34. The van der Waals surface area contributed by atoms with Crippen LogP contribution in [0, 0.1) is 12.8 Å². The molecule has 2 heterocycles. The molecule has 4 rings (SSSR count). The van der Waals surface area contributed by atoms with Crippen molar-refractivity contribution in [1.29, 1.82) is 0 Å². The first-order valence-corrected chi connectivity index (χ1v) is 8.27. The summed E-state index contributed by atoms with van der Waals surface area (Å²) in [7, 11) is 0. The molecule has 2 N–H and O–H groups in total. The molecule has 7 heteroatoms. The van der Waals surface area contributed by atoms with Crippen molar-refractivity contribution in [3.63, 3.8) is 0 Å². The van der Waals surface area contributed by atoms with Gasteiger partial charge in [-0.05, 0) is 38.0 Å². The predicted octanol–water partition coefficient (Wildman–Crippen LogP) is 2.80. The Morgan fingerprint density at radius 3 is 3.04 bits per heavy atom. The fraction of sp³-hybridized carbons (Fsp3) is 0.312. The molecule has 1 saturated carbocycles. The maximum Gasteiger partial charge on any atom is 0.262 e. The fourth-order valence-electron chi connectivity index (χ4n) is 2.50. The van der Waals surface area contributed by atoms with Gasteiger partial charge in [0.1, 0.15) is 5.75 Å². The molecule has 2 aromatic rings. The molecule has 1 aromatic carbocycles. The zero-order chi connectivity index (χ0) is 16.0. The second-order valence-corrected chi connectivity index (χ2v) is 6.94. The number of carbonyl (C=O) groups excluding carboxylic acids is 2. The lowest BCUT2D eigenvalue weighted by Crippen LogP contribution is -2.25. The lowest BCUT2D eigenvalue weighted by molar-refractivity contribution is -0.119. The first-order valence-electron chi connectivity index (χ1n) is 7.45. The molecule has 1 aliphatic carbocycles. The van der Waals surface area contributed by atoms with Gasteiger partial charge >= 0.3 is 0 Å². The van der Waals surface area contributed by atoms with Gasteiger partial charge < -0.3 is 15.4 Å². The molecule has 1 aromatic heterocycles. The standard InChI is InChI=1S/C16H15N3O3S/c1-8-14(18-16(23-8)19-15(21)9-2-3-9)10-4-5-12-11(6-10)17-13(20)7-22-12/h4-6,9H,2-3,7H2,1H3,(H,17,20)(H,18,19,21). The Morgan fingerprint density at radius 2 is 2.26 bits per heavy atom. The summed E-state index contributed by atoms with van der Waals surface area (Å²) < 4.78 is 5.36. The van der Waals surface area contributed by atoms with Crippen molar-refractivity contribution in [3.05, 3.63) is 23.1 Å². The monoisotopic (exact) mass is 329 g/mol. The van der Waals surface area contributed by atoms with Crippen molar-refractivity contribution < 1.29 is 14.3 Å². The van der Waals surface area contributed by atoms with Gasteiger partial charge in [-0.2, -0.15) is 0 Å². The smallest absolute Gasteiger partial charge is 0.262 e. The van der Waals surface area contributed by atoms with Gasteiger partial charge in [0.2, 0.25) is 5.91 Å². The minimum absolute atomic E-state index is 0.0411. The molecule has 0 saturated heterocycles. The average Bonchev–Trinajstić information content (AvgIpc) is 3.31. The Hall–Kier alpha value is -2.41. The summed E-state index contributed by atoms with van der Waals surface area (Å²) in [6, 6.07) is 5.58. The van der Waals surface area contributed by atoms with Gasteiger partial charge in [-0.3, -0.25) is 9.59 Å². The average molecular weight is 329 g/mol. The molecule has 118 valence electrons. The third-order valence-electron chi connectivity index (χ3n) is 3.86. The second-order valence-electron chi connectivity index (χ2n) is 5.74. The highest BCUT2D eigenvalue weighted by Gasteiger charge is 2.30. The van der Waals surface area contributed by atoms with E-state index in [1.807, 2.05) is 25.1 Å². The molecule has 23 heavy (non-hydrogen) atoms. The lowest BCUT2D eigenvalue weighted by Gasteiger charge is -2.18. The van der Waals surface area contributed by atoms with Crippen LogP contribution in [-0.2, 0) is 9.59 Å². The summed E-state index contributed by atoms with van der Waals surface area (Å²) in [5, 5.41) is 6.29. The molecule has 0 atom stereocenters. The van der Waals surface area contributed by atoms with Crippen molar-refractivity contribution in [2.24, 2.45) is 5.92 Å². The van der Waals surface area contributed by atoms with E-state index in [4.69, 9.17) is 4.74 Å². The number of ether oxygens (including phenoxy) is 1. The van der Waals surface area contributed by atoms with E-state index in [1.165, 1.54) is 11.3 Å². The van der Waals surface area contributed by atoms with Gasteiger partial charge in [0.05, 0.1) is 11.4 Å². The third kappa shape index (κ3) is 2.79. The van der Waals surface area contributed by atoms with Crippen LogP contribution in [0.4, 0.5) is 10.8 Å². The molecule has 2 aliphatic rings. The van der Waals surface area contributed by atoms with Crippen LogP contribution in [0.1, 0.15) is 17.7 Å². The van der Waals surface area contributed by atoms with Crippen LogP contribution in [0.3, 0.4) is 0 Å². The number of nitrogens with one attached hydrogen (secondary N) is 2. The van der Waals surface area contributed by atoms with Crippen LogP contribution >= 0.6 is 11.3 Å². The SMILES string of the molecule is Cc1sc(NC(=O)C2CC2)nc1-c1ccc2c(c1)NC(=O)CO2. The van der Waals surface area contributed by atoms with Crippen molar-refractivity contribution in [2.75, 3.05) is 17.2 Å². The first kappa shape index (κ1) is 14.2. The van der Waals surface area contributed by atoms with Crippen molar-refractivity contribution >= 4 is 34.0 Å². The molecular formula is C16H15N3O3S. The molecule has 1 aliphatic heterocycles. The Morgan fingerprint density at radius 1 is 1.43 bits per heavy atom. The summed E-state index contributed by atoms with van der Waals surface area (Å²) in [5.41, 5.74) is 2.34. The fourth-order valence-corrected chi connectivity index (χ4v) is 3.34. The van der Waals surface area contributed by atoms with Gasteiger partial charge in [0.25, 0.3) is 5.91 Å². The number of anilines is 2. The zero-order valence-corrected chi connectivity index (χ0v) is 13.3. The number of hydrogen-bond donors (Lipinski definition) is 2. The number of aryl methyl sites for hydroxylation is 1. The summed E-state index contributed by atoms with van der Waals surface area (Å²) in [6.07, 6.45) is 1.93. The van der Waals surface area contributed by atoms with E-state index in [-0.39, 0.29) is 24.3 Å². The molecule has 0 spiro atoms. The van der Waals surface area contributed by atoms with E-state index in [1.54, 1.807) is 0 Å². The topological polar surface area (TPSA) is 80.3 Å². The van der Waals surface area contributed by atoms with Gasteiger partial charge in [0, 0.05) is 16.4 Å². The highest BCUT2D eigenvalue weighted by Crippen LogP contribution is 2.37. The number of rotatable bonds is 3. The van der Waals surface area contributed by atoms with E-state index in [2.05, 4.69) is 15.6 Å². The summed E-state index contributed by atoms with van der Waals surface area (Å²) >= 11 is 1.46. The molecule has 6 nitrogen and oxygen atoms in total. The number of nitrogens with zero attached hydrogens (tertiary/aromatic N) is 1. The van der Waals surface area contributed by atoms with Crippen molar-refractivity contribution in [1.82, 2.24) is 4.98 Å². The van der Waals surface area contributed by atoms with Crippen LogP contribution in [0.5, 0.6) is 5.75 Å². The maximum atomic E-state index is 11.9. The van der Waals surface area contributed by atoms with Crippen molar-refractivity contribution in [3.8, 4) is 17.0 Å². The van der Waals surface area contributed by atoms with Gasteiger partial charge in [-0.25, -0.2) is 4.98 Å². The third-order valence-corrected chi connectivity index (χ3v) is 4.75. The van der Waals surface area contributed by atoms with Crippen molar-refractivity contribution in [2.45, 2.75) is 19.8 Å². The Kier molecular flexibility index (Phi) is 3.30. The van der Waals surface area contributed by atoms with Gasteiger partial charge in [-0.15, -0.1) is 11.3 Å². The molecule has 0 bridgehead atoms. The number of carbonyl (C=O) groups is 2. The highest BCUT2D eigenvalue weighted by molar-refractivity contribution is 7.16. The number of benzene rings is 1. The minimum atomic E-state index is -0.165. The Labute approximate surface area is 136 Å². The summed E-state index contributed by atoms with van der Waals surface area (Å²) in [6.45, 7) is 2.01. The zero-order valence-electron chi connectivity index (χ0n) is 12.5. The largest absolute Gasteiger partial charge is 0.482 e. The molecule has 0 unspecified atom stereocenters. The van der Waals surface area contributed by atoms with Gasteiger partial charge in [-0.1, -0.05) is 0 Å². The van der Waals surface area contributed by atoms with E-state index >= 15 is 0 Å². The van der Waals surface area contributed by atoms with Crippen LogP contribution in [-0.4, -0.2) is 23.4 Å². The maximum absolute atomic E-state index is 11.9. The van der Waals surface area contributed by atoms with E-state index in [9.17, 15) is 9.59 Å². The van der Waals surface area contributed by atoms with E-state index < -0.39 is 0 Å². The predicted molar refractivity (Wildman–Crippen MR) is 87.8 cm³/mol. The van der Waals surface area contributed by atoms with Crippen LogP contribution in [0.25, 0.3) is 11.3 Å². The van der Waals surface area contributed by atoms with Crippen LogP contribution in [0.2, 0.25) is 0 Å². The molecular weight excluding hydrogens is 314 g/mol. The summed E-state index contributed by atoms with van der Waals surface area (Å²) in [4.78, 5) is 28.8. The highest BCUT2D eigenvalue weighted by atomic mass is 32.1. The molecule has 2 amide bonds. The van der Waals surface area contributed by atoms with Crippen LogP contribution < -0.4 is 15.4 Å².